The zero-order valence-corrected chi connectivity index (χ0v) is 21.4. The zero-order chi connectivity index (χ0) is 25.1. The molecule has 0 saturated heterocycles. The molecule has 1 aliphatic rings. The number of halogens is 1. The summed E-state index contributed by atoms with van der Waals surface area (Å²) in [5.74, 6) is -1.60. The number of benzene rings is 3. The van der Waals surface area contributed by atoms with Crippen LogP contribution < -0.4 is 10.2 Å². The van der Waals surface area contributed by atoms with Crippen LogP contribution in [0.1, 0.15) is 22.6 Å². The minimum Gasteiger partial charge on any atom is -0.480 e. The van der Waals surface area contributed by atoms with E-state index in [0.717, 1.165) is 39.2 Å². The van der Waals surface area contributed by atoms with Gasteiger partial charge in [0.2, 0.25) is 5.91 Å². The molecule has 0 saturated carbocycles. The molecule has 3 aromatic carbocycles. The normalized spacial score (nSPS) is 15.2. The maximum Gasteiger partial charge on any atom is 0.323 e. The molecule has 0 aromatic heterocycles. The number of aliphatic imine (C=N–C) groups is 1. The van der Waals surface area contributed by atoms with Crippen LogP contribution in [0.15, 0.2) is 76.2 Å². The number of anilines is 2. The lowest BCUT2D eigenvalue weighted by molar-refractivity contribution is -0.135. The van der Waals surface area contributed by atoms with Gasteiger partial charge in [-0.2, -0.15) is 0 Å². The van der Waals surface area contributed by atoms with Crippen LogP contribution in [-0.4, -0.2) is 55.3 Å². The molecule has 1 heterocycles. The maximum absolute atomic E-state index is 13.1. The standard InChI is InChI=1S/C27H27BrN4O3/c1-31(2)15-17-4-9-20(10-5-17)29-26(18-6-11-21(12-7-18)32(3)16-24(33)34)25-22-13-8-19(28)14-23(22)30-27(25)35/h4-14,25H,15-16H2,1-3H3,(H,30,35)(H,33,34). The Morgan fingerprint density at radius 3 is 2.34 bits per heavy atom. The summed E-state index contributed by atoms with van der Waals surface area (Å²) in [5, 5.41) is 12.1. The van der Waals surface area contributed by atoms with Crippen molar-refractivity contribution in [1.29, 1.82) is 0 Å². The van der Waals surface area contributed by atoms with E-state index in [-0.39, 0.29) is 12.5 Å². The first kappa shape index (κ1) is 24.6. The van der Waals surface area contributed by atoms with Crippen molar-refractivity contribution in [3.8, 4) is 0 Å². The molecule has 1 aliphatic heterocycles. The number of likely N-dealkylation sites (N-methyl/N-ethyl adjacent to an activating group) is 1. The number of amides is 1. The van der Waals surface area contributed by atoms with Crippen molar-refractivity contribution in [2.45, 2.75) is 12.5 Å². The molecular formula is C27H27BrN4O3. The highest BCUT2D eigenvalue weighted by molar-refractivity contribution is 9.10. The molecular weight excluding hydrogens is 508 g/mol. The summed E-state index contributed by atoms with van der Waals surface area (Å²) >= 11 is 3.47. The van der Waals surface area contributed by atoms with Gasteiger partial charge in [-0.1, -0.05) is 46.3 Å². The van der Waals surface area contributed by atoms with Gasteiger partial charge in [-0.15, -0.1) is 0 Å². The lowest BCUT2D eigenvalue weighted by atomic mass is 9.90. The monoisotopic (exact) mass is 534 g/mol. The van der Waals surface area contributed by atoms with E-state index in [4.69, 9.17) is 10.1 Å². The number of hydrogen-bond acceptors (Lipinski definition) is 5. The van der Waals surface area contributed by atoms with Crippen molar-refractivity contribution in [3.05, 3.63) is 87.9 Å². The predicted molar refractivity (Wildman–Crippen MR) is 143 cm³/mol. The van der Waals surface area contributed by atoms with E-state index >= 15 is 0 Å². The van der Waals surface area contributed by atoms with Gasteiger partial charge in [-0.3, -0.25) is 14.6 Å². The Labute approximate surface area is 213 Å². The second-order valence-corrected chi connectivity index (χ2v) is 9.77. The van der Waals surface area contributed by atoms with E-state index < -0.39 is 11.9 Å². The molecule has 1 atom stereocenters. The fourth-order valence-electron chi connectivity index (χ4n) is 4.16. The molecule has 3 aromatic rings. The Kier molecular flexibility index (Phi) is 7.33. The second-order valence-electron chi connectivity index (χ2n) is 8.85. The molecule has 2 N–H and O–H groups in total. The molecule has 180 valence electrons. The van der Waals surface area contributed by atoms with Gasteiger partial charge in [-0.25, -0.2) is 0 Å². The highest BCUT2D eigenvalue weighted by Crippen LogP contribution is 2.38. The summed E-state index contributed by atoms with van der Waals surface area (Å²) in [6, 6.07) is 21.2. The number of carboxylic acid groups (broad SMARTS) is 1. The summed E-state index contributed by atoms with van der Waals surface area (Å²) in [7, 11) is 5.78. The van der Waals surface area contributed by atoms with Gasteiger partial charge in [0.1, 0.15) is 12.5 Å². The van der Waals surface area contributed by atoms with Gasteiger partial charge >= 0.3 is 5.97 Å². The number of carbonyl (C=O) groups is 2. The van der Waals surface area contributed by atoms with Gasteiger partial charge in [0.25, 0.3) is 0 Å². The van der Waals surface area contributed by atoms with Gasteiger partial charge in [-0.05, 0) is 67.2 Å². The van der Waals surface area contributed by atoms with Crippen LogP contribution >= 0.6 is 15.9 Å². The predicted octanol–water partition coefficient (Wildman–Crippen LogP) is 4.89. The number of carbonyl (C=O) groups excluding carboxylic acids is 1. The lowest BCUT2D eigenvalue weighted by Crippen LogP contribution is -2.25. The smallest absolute Gasteiger partial charge is 0.323 e. The number of nitrogens with zero attached hydrogens (tertiary/aromatic N) is 3. The number of carboxylic acids is 1. The fraction of sp³-hybridized carbons (Fsp3) is 0.222. The van der Waals surface area contributed by atoms with Crippen LogP contribution in [0.5, 0.6) is 0 Å². The van der Waals surface area contributed by atoms with Crippen molar-refractivity contribution >= 4 is 50.6 Å². The van der Waals surface area contributed by atoms with Gasteiger partial charge in [0.05, 0.1) is 11.4 Å². The Bertz CT molecular complexity index is 1270. The molecule has 1 unspecified atom stereocenters. The molecule has 0 aliphatic carbocycles. The van der Waals surface area contributed by atoms with E-state index in [9.17, 15) is 9.59 Å². The van der Waals surface area contributed by atoms with Crippen molar-refractivity contribution in [1.82, 2.24) is 4.90 Å². The molecule has 0 bridgehead atoms. The van der Waals surface area contributed by atoms with E-state index in [0.29, 0.717) is 5.71 Å². The average Bonchev–Trinajstić information content (AvgIpc) is 3.12. The number of hydrogen-bond donors (Lipinski definition) is 2. The summed E-state index contributed by atoms with van der Waals surface area (Å²) in [6.45, 7) is 0.725. The number of fused-ring (bicyclic) bond motifs is 1. The van der Waals surface area contributed by atoms with Crippen LogP contribution in [0.4, 0.5) is 17.1 Å². The Morgan fingerprint density at radius 2 is 1.71 bits per heavy atom. The first-order valence-electron chi connectivity index (χ1n) is 11.2. The first-order chi connectivity index (χ1) is 16.7. The Balaban J connectivity index is 1.75. The SMILES string of the molecule is CN(C)Cc1ccc(N=C(c2ccc(N(C)CC(=O)O)cc2)C2C(=O)Nc3cc(Br)ccc32)cc1. The summed E-state index contributed by atoms with van der Waals surface area (Å²) in [4.78, 5) is 32.9. The molecule has 4 rings (SSSR count). The molecule has 0 radical (unpaired) electrons. The second kappa shape index (κ2) is 10.4. The fourth-order valence-corrected chi connectivity index (χ4v) is 4.52. The molecule has 0 spiro atoms. The maximum atomic E-state index is 13.1. The molecule has 7 nitrogen and oxygen atoms in total. The highest BCUT2D eigenvalue weighted by Gasteiger charge is 2.35. The van der Waals surface area contributed by atoms with Crippen LogP contribution in [0.2, 0.25) is 0 Å². The van der Waals surface area contributed by atoms with Crippen LogP contribution in [-0.2, 0) is 16.1 Å². The number of rotatable bonds is 8. The lowest BCUT2D eigenvalue weighted by Gasteiger charge is -2.18. The molecule has 0 fully saturated rings. The van der Waals surface area contributed by atoms with E-state index in [1.165, 1.54) is 5.56 Å². The van der Waals surface area contributed by atoms with Gasteiger partial charge < -0.3 is 20.2 Å². The van der Waals surface area contributed by atoms with E-state index in [1.54, 1.807) is 11.9 Å². The average molecular weight is 535 g/mol. The minimum absolute atomic E-state index is 0.104. The Hall–Kier alpha value is -3.49. The van der Waals surface area contributed by atoms with Crippen molar-refractivity contribution in [2.75, 3.05) is 37.9 Å². The van der Waals surface area contributed by atoms with Crippen LogP contribution in [0.25, 0.3) is 0 Å². The minimum atomic E-state index is -0.901. The molecule has 1 amide bonds. The van der Waals surface area contributed by atoms with Crippen molar-refractivity contribution in [3.63, 3.8) is 0 Å². The zero-order valence-electron chi connectivity index (χ0n) is 19.8. The third-order valence-corrected chi connectivity index (χ3v) is 6.27. The number of nitrogens with one attached hydrogen (secondary N) is 1. The highest BCUT2D eigenvalue weighted by atomic mass is 79.9. The van der Waals surface area contributed by atoms with E-state index in [2.05, 4.69) is 26.1 Å². The Morgan fingerprint density at radius 1 is 1.03 bits per heavy atom. The summed E-state index contributed by atoms with van der Waals surface area (Å²) < 4.78 is 0.887. The van der Waals surface area contributed by atoms with Crippen LogP contribution in [0.3, 0.4) is 0 Å². The first-order valence-corrected chi connectivity index (χ1v) is 12.0. The molecule has 8 heteroatoms. The third kappa shape index (κ3) is 5.78. The third-order valence-electron chi connectivity index (χ3n) is 5.78. The van der Waals surface area contributed by atoms with Gasteiger partial charge in [0.15, 0.2) is 0 Å². The summed E-state index contributed by atoms with van der Waals surface area (Å²) in [5.41, 5.74) is 5.77. The van der Waals surface area contributed by atoms with E-state index in [1.807, 2.05) is 80.8 Å². The van der Waals surface area contributed by atoms with Crippen LogP contribution in [0, 0.1) is 0 Å². The number of aliphatic carboxylic acids is 1. The quantitative estimate of drug-likeness (QED) is 0.402. The summed E-state index contributed by atoms with van der Waals surface area (Å²) in [6.07, 6.45) is 0. The topological polar surface area (TPSA) is 85.2 Å². The molecule has 35 heavy (non-hydrogen) atoms. The van der Waals surface area contributed by atoms with Gasteiger partial charge in [0, 0.05) is 29.4 Å². The largest absolute Gasteiger partial charge is 0.480 e. The van der Waals surface area contributed by atoms with Crippen molar-refractivity contribution in [2.24, 2.45) is 4.99 Å². The van der Waals surface area contributed by atoms with Crippen molar-refractivity contribution < 1.29 is 14.7 Å².